The predicted octanol–water partition coefficient (Wildman–Crippen LogP) is 5.71. The van der Waals surface area contributed by atoms with E-state index in [2.05, 4.69) is 34.1 Å². The molecule has 94 valence electrons. The van der Waals surface area contributed by atoms with Crippen LogP contribution in [-0.2, 0) is 6.42 Å². The van der Waals surface area contributed by atoms with Gasteiger partial charge in [-0.15, -0.1) is 0 Å². The Labute approximate surface area is 126 Å². The zero-order valence-electron chi connectivity index (χ0n) is 9.74. The van der Waals surface area contributed by atoms with E-state index in [0.29, 0.717) is 5.92 Å². The van der Waals surface area contributed by atoms with Gasteiger partial charge in [-0.05, 0) is 47.7 Å². The van der Waals surface area contributed by atoms with Crippen molar-refractivity contribution in [3.05, 3.63) is 69.7 Å². The van der Waals surface area contributed by atoms with E-state index in [1.807, 2.05) is 30.3 Å². The molecule has 0 N–H and O–H groups in total. The molecule has 0 aliphatic carbocycles. The first-order chi connectivity index (χ1) is 8.69. The number of benzene rings is 2. The number of halogens is 3. The molecule has 0 saturated carbocycles. The Bertz CT molecular complexity index is 508. The first-order valence-corrected chi connectivity index (χ1v) is 7.62. The normalized spacial score (nSPS) is 12.4. The fraction of sp³-hybridized carbons (Fsp3) is 0.200. The van der Waals surface area contributed by atoms with Crippen molar-refractivity contribution >= 4 is 39.1 Å². The van der Waals surface area contributed by atoms with Crippen LogP contribution in [0.1, 0.15) is 17.0 Å². The summed E-state index contributed by atoms with van der Waals surface area (Å²) < 4.78 is 0. The summed E-state index contributed by atoms with van der Waals surface area (Å²) in [6.07, 6.45) is 0.975. The van der Waals surface area contributed by atoms with E-state index < -0.39 is 0 Å². The second kappa shape index (κ2) is 6.60. The Morgan fingerprint density at radius 1 is 0.944 bits per heavy atom. The molecule has 0 spiro atoms. The van der Waals surface area contributed by atoms with Crippen molar-refractivity contribution in [1.29, 1.82) is 0 Å². The molecule has 0 amide bonds. The molecule has 1 unspecified atom stereocenters. The van der Waals surface area contributed by atoms with Gasteiger partial charge in [-0.3, -0.25) is 0 Å². The maximum atomic E-state index is 6.04. The van der Waals surface area contributed by atoms with E-state index in [1.165, 1.54) is 11.1 Å². The van der Waals surface area contributed by atoms with Gasteiger partial charge in [0.25, 0.3) is 0 Å². The second-order valence-electron chi connectivity index (χ2n) is 4.24. The summed E-state index contributed by atoms with van der Waals surface area (Å²) in [6.45, 7) is 0. The molecule has 0 heterocycles. The molecule has 2 rings (SSSR count). The zero-order valence-corrected chi connectivity index (χ0v) is 12.8. The summed E-state index contributed by atoms with van der Waals surface area (Å²) in [6, 6.07) is 16.1. The lowest BCUT2D eigenvalue weighted by Crippen LogP contribution is -2.04. The standard InChI is InChI=1S/C15H13BrCl2/c16-10-13(12-2-1-3-15(18)9-12)8-11-4-6-14(17)7-5-11/h1-7,9,13H,8,10H2. The average Bonchev–Trinajstić information content (AvgIpc) is 2.38. The fourth-order valence-electron chi connectivity index (χ4n) is 1.93. The zero-order chi connectivity index (χ0) is 13.0. The highest BCUT2D eigenvalue weighted by atomic mass is 79.9. The Morgan fingerprint density at radius 3 is 2.28 bits per heavy atom. The summed E-state index contributed by atoms with van der Waals surface area (Å²) in [4.78, 5) is 0. The van der Waals surface area contributed by atoms with E-state index in [1.54, 1.807) is 0 Å². The van der Waals surface area contributed by atoms with Gasteiger partial charge in [0.2, 0.25) is 0 Å². The van der Waals surface area contributed by atoms with Crippen LogP contribution < -0.4 is 0 Å². The topological polar surface area (TPSA) is 0 Å². The first kappa shape index (κ1) is 13.9. The van der Waals surface area contributed by atoms with Crippen molar-refractivity contribution in [2.24, 2.45) is 0 Å². The number of hydrogen-bond acceptors (Lipinski definition) is 0. The molecule has 0 aliphatic rings. The van der Waals surface area contributed by atoms with Gasteiger partial charge in [0, 0.05) is 15.4 Å². The van der Waals surface area contributed by atoms with E-state index in [-0.39, 0.29) is 0 Å². The van der Waals surface area contributed by atoms with Crippen LogP contribution in [0.25, 0.3) is 0 Å². The summed E-state index contributed by atoms with van der Waals surface area (Å²) in [5, 5.41) is 2.47. The van der Waals surface area contributed by atoms with Gasteiger partial charge in [0.05, 0.1) is 0 Å². The summed E-state index contributed by atoms with van der Waals surface area (Å²) in [5.74, 6) is 0.421. The summed E-state index contributed by atoms with van der Waals surface area (Å²) in [7, 11) is 0. The van der Waals surface area contributed by atoms with Gasteiger partial charge in [-0.1, -0.05) is 63.4 Å². The van der Waals surface area contributed by atoms with Crippen molar-refractivity contribution < 1.29 is 0 Å². The monoisotopic (exact) mass is 342 g/mol. The smallest absolute Gasteiger partial charge is 0.0408 e. The summed E-state index contributed by atoms with van der Waals surface area (Å²) >= 11 is 15.5. The van der Waals surface area contributed by atoms with Crippen LogP contribution >= 0.6 is 39.1 Å². The van der Waals surface area contributed by atoms with Crippen LogP contribution in [0.15, 0.2) is 48.5 Å². The maximum Gasteiger partial charge on any atom is 0.0408 e. The van der Waals surface area contributed by atoms with E-state index in [4.69, 9.17) is 23.2 Å². The van der Waals surface area contributed by atoms with Crippen molar-refractivity contribution in [3.63, 3.8) is 0 Å². The molecule has 18 heavy (non-hydrogen) atoms. The van der Waals surface area contributed by atoms with Crippen LogP contribution in [0.4, 0.5) is 0 Å². The van der Waals surface area contributed by atoms with E-state index in [9.17, 15) is 0 Å². The molecule has 0 saturated heterocycles. The molecule has 0 fully saturated rings. The largest absolute Gasteiger partial charge is 0.0921 e. The lowest BCUT2D eigenvalue weighted by atomic mass is 9.94. The van der Waals surface area contributed by atoms with Gasteiger partial charge in [0.15, 0.2) is 0 Å². The molecule has 2 aromatic rings. The van der Waals surface area contributed by atoms with Crippen molar-refractivity contribution in [2.45, 2.75) is 12.3 Å². The Hall–Kier alpha value is -0.500. The van der Waals surface area contributed by atoms with E-state index >= 15 is 0 Å². The van der Waals surface area contributed by atoms with Gasteiger partial charge >= 0.3 is 0 Å². The minimum Gasteiger partial charge on any atom is -0.0921 e. The highest BCUT2D eigenvalue weighted by Crippen LogP contribution is 2.25. The molecular weight excluding hydrogens is 331 g/mol. The van der Waals surface area contributed by atoms with Crippen LogP contribution in [0.3, 0.4) is 0 Å². The van der Waals surface area contributed by atoms with Crippen LogP contribution in [0.5, 0.6) is 0 Å². The Kier molecular flexibility index (Phi) is 5.11. The third-order valence-electron chi connectivity index (χ3n) is 2.90. The molecule has 0 bridgehead atoms. The van der Waals surface area contributed by atoms with Crippen molar-refractivity contribution in [2.75, 3.05) is 5.33 Å². The highest BCUT2D eigenvalue weighted by molar-refractivity contribution is 9.09. The maximum absolute atomic E-state index is 6.04. The highest BCUT2D eigenvalue weighted by Gasteiger charge is 2.11. The quantitative estimate of drug-likeness (QED) is 0.623. The number of hydrogen-bond donors (Lipinski definition) is 0. The van der Waals surface area contributed by atoms with E-state index in [0.717, 1.165) is 21.8 Å². The number of alkyl halides is 1. The molecular formula is C15H13BrCl2. The SMILES string of the molecule is Clc1ccc(CC(CBr)c2cccc(Cl)c2)cc1. The van der Waals surface area contributed by atoms with Crippen LogP contribution in [0, 0.1) is 0 Å². The number of rotatable bonds is 4. The van der Waals surface area contributed by atoms with Crippen LogP contribution in [-0.4, -0.2) is 5.33 Å². The minimum atomic E-state index is 0.421. The van der Waals surface area contributed by atoms with Crippen molar-refractivity contribution in [3.8, 4) is 0 Å². The van der Waals surface area contributed by atoms with Crippen LogP contribution in [0.2, 0.25) is 10.0 Å². The predicted molar refractivity (Wildman–Crippen MR) is 83.1 cm³/mol. The minimum absolute atomic E-state index is 0.421. The molecule has 0 aromatic heterocycles. The van der Waals surface area contributed by atoms with Gasteiger partial charge in [0.1, 0.15) is 0 Å². The molecule has 0 radical (unpaired) electrons. The molecule has 0 aliphatic heterocycles. The lowest BCUT2D eigenvalue weighted by molar-refractivity contribution is 0.776. The fourth-order valence-corrected chi connectivity index (χ4v) is 2.85. The van der Waals surface area contributed by atoms with Crippen molar-refractivity contribution in [1.82, 2.24) is 0 Å². The molecule has 2 aromatic carbocycles. The van der Waals surface area contributed by atoms with Gasteiger partial charge in [-0.2, -0.15) is 0 Å². The second-order valence-corrected chi connectivity index (χ2v) is 5.76. The van der Waals surface area contributed by atoms with Gasteiger partial charge < -0.3 is 0 Å². The first-order valence-electron chi connectivity index (χ1n) is 5.75. The Morgan fingerprint density at radius 2 is 1.67 bits per heavy atom. The molecule has 0 nitrogen and oxygen atoms in total. The summed E-state index contributed by atoms with van der Waals surface area (Å²) in [5.41, 5.74) is 2.54. The third-order valence-corrected chi connectivity index (χ3v) is 4.17. The van der Waals surface area contributed by atoms with Gasteiger partial charge in [-0.25, -0.2) is 0 Å². The third kappa shape index (κ3) is 3.74. The Balaban J connectivity index is 2.17. The molecule has 3 heteroatoms. The molecule has 1 atom stereocenters. The lowest BCUT2D eigenvalue weighted by Gasteiger charge is -2.15. The average molecular weight is 344 g/mol.